The van der Waals surface area contributed by atoms with Gasteiger partial charge in [0.25, 0.3) is 0 Å². The molecular formula is C6H14N2. The Balaban J connectivity index is 2.28. The largest absolute Gasteiger partial charge is 0.304 e. The van der Waals surface area contributed by atoms with Crippen molar-refractivity contribution in [3.63, 3.8) is 0 Å². The van der Waals surface area contributed by atoms with Crippen LogP contribution in [0, 0.1) is 0 Å². The molecule has 1 rings (SSSR count). The van der Waals surface area contributed by atoms with E-state index in [4.69, 9.17) is 0 Å². The third-order valence-electron chi connectivity index (χ3n) is 1.85. The zero-order valence-corrected chi connectivity index (χ0v) is 5.65. The molecule has 1 aliphatic heterocycles. The van der Waals surface area contributed by atoms with Crippen LogP contribution in [0.25, 0.3) is 0 Å². The summed E-state index contributed by atoms with van der Waals surface area (Å²) in [5.41, 5.74) is 0. The molecule has 1 heterocycles. The standard InChI is InChI=1S/C6H14N2/c1-6-3-4-7-5-8(6)2/h6-7H,3-5H2,1-2H3/t6-/m0/s1. The number of nitrogens with one attached hydrogen (secondary N) is 1. The van der Waals surface area contributed by atoms with Crippen molar-refractivity contribution in [2.45, 2.75) is 19.4 Å². The highest BCUT2D eigenvalue weighted by Gasteiger charge is 2.11. The summed E-state index contributed by atoms with van der Waals surface area (Å²) in [6, 6.07) is 0.774. The summed E-state index contributed by atoms with van der Waals surface area (Å²) < 4.78 is 0. The van der Waals surface area contributed by atoms with Crippen molar-refractivity contribution in [2.75, 3.05) is 20.3 Å². The van der Waals surface area contributed by atoms with Gasteiger partial charge in [0.05, 0.1) is 0 Å². The van der Waals surface area contributed by atoms with Crippen molar-refractivity contribution >= 4 is 0 Å². The van der Waals surface area contributed by atoms with E-state index in [0.29, 0.717) is 0 Å². The summed E-state index contributed by atoms with van der Waals surface area (Å²) >= 11 is 0. The first kappa shape index (κ1) is 6.05. The van der Waals surface area contributed by atoms with E-state index in [1.807, 2.05) is 0 Å². The fraction of sp³-hybridized carbons (Fsp3) is 1.00. The second kappa shape index (κ2) is 2.46. The van der Waals surface area contributed by atoms with Gasteiger partial charge < -0.3 is 5.32 Å². The second-order valence-corrected chi connectivity index (χ2v) is 2.55. The first-order valence-corrected chi connectivity index (χ1v) is 3.21. The summed E-state index contributed by atoms with van der Waals surface area (Å²) in [7, 11) is 2.15. The summed E-state index contributed by atoms with van der Waals surface area (Å²) in [4.78, 5) is 2.32. The Morgan fingerprint density at radius 3 is 2.75 bits per heavy atom. The molecule has 1 saturated heterocycles. The Morgan fingerprint density at radius 2 is 2.38 bits per heavy atom. The van der Waals surface area contributed by atoms with Crippen LogP contribution in [0.3, 0.4) is 0 Å². The maximum Gasteiger partial charge on any atom is 0.0480 e. The number of hydrogen-bond acceptors (Lipinski definition) is 2. The predicted octanol–water partition coefficient (Wildman–Crippen LogP) is 0.258. The molecule has 1 atom stereocenters. The molecular weight excluding hydrogens is 100 g/mol. The molecule has 2 heteroatoms. The molecule has 8 heavy (non-hydrogen) atoms. The highest BCUT2D eigenvalue weighted by atomic mass is 15.2. The smallest absolute Gasteiger partial charge is 0.0480 e. The van der Waals surface area contributed by atoms with Crippen molar-refractivity contribution in [3.8, 4) is 0 Å². The van der Waals surface area contributed by atoms with Gasteiger partial charge in [-0.15, -0.1) is 0 Å². The number of nitrogens with zero attached hydrogens (tertiary/aromatic N) is 1. The Hall–Kier alpha value is -0.0800. The number of rotatable bonds is 0. The van der Waals surface area contributed by atoms with Gasteiger partial charge >= 0.3 is 0 Å². The van der Waals surface area contributed by atoms with Crippen LogP contribution in [0.15, 0.2) is 0 Å². The van der Waals surface area contributed by atoms with Gasteiger partial charge in [-0.3, -0.25) is 4.90 Å². The Kier molecular flexibility index (Phi) is 1.86. The highest BCUT2D eigenvalue weighted by molar-refractivity contribution is 4.68. The highest BCUT2D eigenvalue weighted by Crippen LogP contribution is 2.01. The van der Waals surface area contributed by atoms with E-state index < -0.39 is 0 Å². The van der Waals surface area contributed by atoms with E-state index in [0.717, 1.165) is 12.7 Å². The molecule has 0 bridgehead atoms. The molecule has 1 fully saturated rings. The first-order valence-electron chi connectivity index (χ1n) is 3.21. The maximum atomic E-state index is 3.29. The fourth-order valence-corrected chi connectivity index (χ4v) is 0.943. The van der Waals surface area contributed by atoms with E-state index in [1.54, 1.807) is 0 Å². The SMILES string of the molecule is C[C@H]1CCNCN1C. The van der Waals surface area contributed by atoms with Crippen molar-refractivity contribution in [2.24, 2.45) is 0 Å². The molecule has 0 aromatic carbocycles. The topological polar surface area (TPSA) is 15.3 Å². The molecule has 0 unspecified atom stereocenters. The van der Waals surface area contributed by atoms with Crippen LogP contribution in [-0.2, 0) is 0 Å². The van der Waals surface area contributed by atoms with Gasteiger partial charge in [-0.05, 0) is 26.9 Å². The third-order valence-corrected chi connectivity index (χ3v) is 1.85. The predicted molar refractivity (Wildman–Crippen MR) is 34.7 cm³/mol. The van der Waals surface area contributed by atoms with Crippen LogP contribution >= 0.6 is 0 Å². The Morgan fingerprint density at radius 1 is 1.62 bits per heavy atom. The molecule has 0 amide bonds. The molecule has 1 aliphatic rings. The minimum atomic E-state index is 0.774. The van der Waals surface area contributed by atoms with Crippen LogP contribution < -0.4 is 5.32 Å². The van der Waals surface area contributed by atoms with Gasteiger partial charge in [0, 0.05) is 12.7 Å². The lowest BCUT2D eigenvalue weighted by Crippen LogP contribution is -2.44. The van der Waals surface area contributed by atoms with E-state index in [1.165, 1.54) is 13.0 Å². The lowest BCUT2D eigenvalue weighted by Gasteiger charge is -2.29. The van der Waals surface area contributed by atoms with E-state index >= 15 is 0 Å². The van der Waals surface area contributed by atoms with Crippen LogP contribution in [-0.4, -0.2) is 31.2 Å². The van der Waals surface area contributed by atoms with Gasteiger partial charge in [0.2, 0.25) is 0 Å². The normalized spacial score (nSPS) is 33.0. The minimum Gasteiger partial charge on any atom is -0.304 e. The van der Waals surface area contributed by atoms with Gasteiger partial charge in [-0.25, -0.2) is 0 Å². The fourth-order valence-electron chi connectivity index (χ4n) is 0.943. The van der Waals surface area contributed by atoms with Crippen molar-refractivity contribution < 1.29 is 0 Å². The van der Waals surface area contributed by atoms with E-state index in [9.17, 15) is 0 Å². The molecule has 0 aromatic rings. The van der Waals surface area contributed by atoms with E-state index in [-0.39, 0.29) is 0 Å². The molecule has 1 N–H and O–H groups in total. The number of hydrogen-bond donors (Lipinski definition) is 1. The third kappa shape index (κ3) is 1.20. The van der Waals surface area contributed by atoms with Gasteiger partial charge in [0.1, 0.15) is 0 Å². The zero-order valence-electron chi connectivity index (χ0n) is 5.65. The van der Waals surface area contributed by atoms with Gasteiger partial charge in [0.15, 0.2) is 0 Å². The minimum absolute atomic E-state index is 0.774. The molecule has 0 aromatic heterocycles. The second-order valence-electron chi connectivity index (χ2n) is 2.55. The molecule has 0 radical (unpaired) electrons. The Bertz CT molecular complexity index is 62.9. The quantitative estimate of drug-likeness (QED) is 0.486. The van der Waals surface area contributed by atoms with Crippen LogP contribution in [0.4, 0.5) is 0 Å². The first-order chi connectivity index (χ1) is 3.80. The van der Waals surface area contributed by atoms with Crippen molar-refractivity contribution in [3.05, 3.63) is 0 Å². The maximum absolute atomic E-state index is 3.29. The summed E-state index contributed by atoms with van der Waals surface area (Å²) in [5, 5.41) is 3.29. The summed E-state index contributed by atoms with van der Waals surface area (Å²) in [6.45, 7) is 4.51. The van der Waals surface area contributed by atoms with Crippen LogP contribution in [0.2, 0.25) is 0 Å². The van der Waals surface area contributed by atoms with Gasteiger partial charge in [-0.2, -0.15) is 0 Å². The van der Waals surface area contributed by atoms with Gasteiger partial charge in [-0.1, -0.05) is 0 Å². The summed E-state index contributed by atoms with van der Waals surface area (Å²) in [6.07, 6.45) is 1.29. The molecule has 48 valence electrons. The van der Waals surface area contributed by atoms with Crippen molar-refractivity contribution in [1.29, 1.82) is 0 Å². The van der Waals surface area contributed by atoms with E-state index in [2.05, 4.69) is 24.2 Å². The average Bonchev–Trinajstić information content (AvgIpc) is 1.77. The molecule has 0 saturated carbocycles. The lowest BCUT2D eigenvalue weighted by atomic mass is 10.2. The Labute approximate surface area is 50.9 Å². The molecule has 0 aliphatic carbocycles. The van der Waals surface area contributed by atoms with Crippen LogP contribution in [0.1, 0.15) is 13.3 Å². The summed E-state index contributed by atoms with van der Waals surface area (Å²) in [5.74, 6) is 0. The molecule has 0 spiro atoms. The van der Waals surface area contributed by atoms with Crippen molar-refractivity contribution in [1.82, 2.24) is 10.2 Å². The lowest BCUT2D eigenvalue weighted by molar-refractivity contribution is 0.189. The van der Waals surface area contributed by atoms with Crippen LogP contribution in [0.5, 0.6) is 0 Å². The zero-order chi connectivity index (χ0) is 5.98. The monoisotopic (exact) mass is 114 g/mol. The average molecular weight is 114 g/mol. The molecule has 2 nitrogen and oxygen atoms in total.